The summed E-state index contributed by atoms with van der Waals surface area (Å²) in [6.07, 6.45) is 5.21. The van der Waals surface area contributed by atoms with E-state index in [9.17, 15) is 9.59 Å². The van der Waals surface area contributed by atoms with Gasteiger partial charge in [-0.25, -0.2) is 0 Å². The van der Waals surface area contributed by atoms with Crippen LogP contribution in [-0.2, 0) is 9.59 Å². The summed E-state index contributed by atoms with van der Waals surface area (Å²) in [6.45, 7) is 0. The third-order valence-corrected chi connectivity index (χ3v) is 5.70. The van der Waals surface area contributed by atoms with Crippen molar-refractivity contribution in [2.24, 2.45) is 23.7 Å². The van der Waals surface area contributed by atoms with E-state index in [0.29, 0.717) is 5.69 Å². The Balaban J connectivity index is 1.47. The van der Waals surface area contributed by atoms with Crippen molar-refractivity contribution in [3.8, 4) is 11.1 Å². The van der Waals surface area contributed by atoms with E-state index in [1.54, 1.807) is 0 Å². The predicted molar refractivity (Wildman–Crippen MR) is 92.1 cm³/mol. The molecule has 0 unspecified atom stereocenters. The van der Waals surface area contributed by atoms with Gasteiger partial charge in [-0.2, -0.15) is 0 Å². The quantitative estimate of drug-likeness (QED) is 0.626. The van der Waals surface area contributed by atoms with Gasteiger partial charge in [-0.05, 0) is 41.5 Å². The molecule has 1 saturated carbocycles. The summed E-state index contributed by atoms with van der Waals surface area (Å²) in [6, 6.07) is 17.8. The van der Waals surface area contributed by atoms with Gasteiger partial charge >= 0.3 is 0 Å². The average Bonchev–Trinajstić information content (AvgIpc) is 3.30. The van der Waals surface area contributed by atoms with Crippen molar-refractivity contribution in [2.75, 3.05) is 4.90 Å². The monoisotopic (exact) mass is 315 g/mol. The fourth-order valence-electron chi connectivity index (χ4n) is 4.59. The van der Waals surface area contributed by atoms with Crippen LogP contribution in [0.3, 0.4) is 0 Å². The second kappa shape index (κ2) is 4.91. The summed E-state index contributed by atoms with van der Waals surface area (Å²) >= 11 is 0. The SMILES string of the molecule is O=C1[C@H]2[C@H](C(=O)N1c1ccc(-c3ccccc3)cc1)[C@H]1C=C[C@H]2C1. The fourth-order valence-corrected chi connectivity index (χ4v) is 4.59. The number of allylic oxidation sites excluding steroid dienone is 2. The number of rotatable bonds is 2. The molecule has 118 valence electrons. The van der Waals surface area contributed by atoms with Crippen molar-refractivity contribution < 1.29 is 9.59 Å². The first-order valence-electron chi connectivity index (χ1n) is 8.45. The van der Waals surface area contributed by atoms with Gasteiger partial charge in [0.2, 0.25) is 11.8 Å². The minimum Gasteiger partial charge on any atom is -0.274 e. The lowest BCUT2D eigenvalue weighted by atomic mass is 9.85. The van der Waals surface area contributed by atoms with Crippen LogP contribution in [0.25, 0.3) is 11.1 Å². The van der Waals surface area contributed by atoms with Crippen LogP contribution in [0.15, 0.2) is 66.7 Å². The molecule has 2 aromatic rings. The molecule has 0 spiro atoms. The average molecular weight is 315 g/mol. The molecule has 5 rings (SSSR count). The van der Waals surface area contributed by atoms with Crippen LogP contribution in [0.2, 0.25) is 0 Å². The number of benzene rings is 2. The highest BCUT2D eigenvalue weighted by atomic mass is 16.2. The maximum Gasteiger partial charge on any atom is 0.238 e. The number of carbonyl (C=O) groups is 2. The first-order chi connectivity index (χ1) is 11.7. The molecule has 0 N–H and O–H groups in total. The summed E-state index contributed by atoms with van der Waals surface area (Å²) < 4.78 is 0. The first-order valence-corrected chi connectivity index (χ1v) is 8.45. The molecule has 3 nitrogen and oxygen atoms in total. The molecule has 4 atom stereocenters. The molecule has 2 amide bonds. The Bertz CT molecular complexity index is 823. The van der Waals surface area contributed by atoms with E-state index in [2.05, 4.69) is 24.3 Å². The van der Waals surface area contributed by atoms with Crippen molar-refractivity contribution >= 4 is 17.5 Å². The van der Waals surface area contributed by atoms with E-state index < -0.39 is 0 Å². The second-order valence-corrected chi connectivity index (χ2v) is 6.92. The lowest BCUT2D eigenvalue weighted by Crippen LogP contribution is -2.32. The van der Waals surface area contributed by atoms with E-state index in [1.165, 1.54) is 4.90 Å². The van der Waals surface area contributed by atoms with Gasteiger partial charge in [-0.15, -0.1) is 0 Å². The molecule has 1 aliphatic heterocycles. The van der Waals surface area contributed by atoms with Crippen LogP contribution in [0.4, 0.5) is 5.69 Å². The van der Waals surface area contributed by atoms with Crippen molar-refractivity contribution in [1.29, 1.82) is 0 Å². The molecular formula is C21H17NO2. The van der Waals surface area contributed by atoms with Gasteiger partial charge in [0.1, 0.15) is 0 Å². The van der Waals surface area contributed by atoms with Crippen LogP contribution in [-0.4, -0.2) is 11.8 Å². The normalized spacial score (nSPS) is 30.2. The Morgan fingerprint density at radius 2 is 1.25 bits per heavy atom. The van der Waals surface area contributed by atoms with E-state index in [-0.39, 0.29) is 35.5 Å². The number of carbonyl (C=O) groups excluding carboxylic acids is 2. The highest BCUT2D eigenvalue weighted by molar-refractivity contribution is 6.22. The third kappa shape index (κ3) is 1.78. The summed E-state index contributed by atoms with van der Waals surface area (Å²) in [4.78, 5) is 27.0. The maximum atomic E-state index is 12.8. The van der Waals surface area contributed by atoms with E-state index >= 15 is 0 Å². The molecule has 0 aromatic heterocycles. The Kier molecular flexibility index (Phi) is 2.81. The summed E-state index contributed by atoms with van der Waals surface area (Å²) in [5.41, 5.74) is 2.90. The molecule has 2 aliphatic carbocycles. The molecule has 24 heavy (non-hydrogen) atoms. The molecule has 2 bridgehead atoms. The highest BCUT2D eigenvalue weighted by Gasteiger charge is 2.59. The molecule has 2 fully saturated rings. The zero-order chi connectivity index (χ0) is 16.3. The Morgan fingerprint density at radius 1 is 0.708 bits per heavy atom. The molecule has 0 radical (unpaired) electrons. The zero-order valence-electron chi connectivity index (χ0n) is 13.1. The van der Waals surface area contributed by atoms with Gasteiger partial charge < -0.3 is 0 Å². The molecule has 3 aliphatic rings. The summed E-state index contributed by atoms with van der Waals surface area (Å²) in [5.74, 6) is 0.196. The second-order valence-electron chi connectivity index (χ2n) is 6.92. The van der Waals surface area contributed by atoms with Crippen molar-refractivity contribution in [3.63, 3.8) is 0 Å². The minimum absolute atomic E-state index is 0.0192. The number of hydrogen-bond acceptors (Lipinski definition) is 2. The van der Waals surface area contributed by atoms with Crippen molar-refractivity contribution in [1.82, 2.24) is 0 Å². The molecule has 1 saturated heterocycles. The number of amides is 2. The number of anilines is 1. The van der Waals surface area contributed by atoms with Crippen molar-refractivity contribution in [3.05, 3.63) is 66.7 Å². The molecule has 3 heteroatoms. The summed E-state index contributed by atoms with van der Waals surface area (Å²) in [5, 5.41) is 0. The lowest BCUT2D eigenvalue weighted by molar-refractivity contribution is -0.123. The molecular weight excluding hydrogens is 298 g/mol. The Hall–Kier alpha value is -2.68. The fraction of sp³-hybridized carbons (Fsp3) is 0.238. The lowest BCUT2D eigenvalue weighted by Gasteiger charge is -2.17. The highest BCUT2D eigenvalue weighted by Crippen LogP contribution is 2.53. The maximum absolute atomic E-state index is 12.8. The van der Waals surface area contributed by atoms with Crippen LogP contribution in [0, 0.1) is 23.7 Å². The minimum atomic E-state index is -0.138. The van der Waals surface area contributed by atoms with E-state index in [1.807, 2.05) is 42.5 Å². The number of imide groups is 1. The van der Waals surface area contributed by atoms with Gasteiger partial charge in [0, 0.05) is 0 Å². The zero-order valence-corrected chi connectivity index (χ0v) is 13.1. The van der Waals surface area contributed by atoms with Gasteiger partial charge in [-0.1, -0.05) is 54.6 Å². The summed E-state index contributed by atoms with van der Waals surface area (Å²) in [7, 11) is 0. The predicted octanol–water partition coefficient (Wildman–Crippen LogP) is 3.67. The smallest absolute Gasteiger partial charge is 0.238 e. The Labute approximate surface area is 140 Å². The Morgan fingerprint density at radius 3 is 1.83 bits per heavy atom. The van der Waals surface area contributed by atoms with Gasteiger partial charge in [-0.3, -0.25) is 14.5 Å². The number of fused-ring (bicyclic) bond motifs is 5. The molecule has 2 aromatic carbocycles. The van der Waals surface area contributed by atoms with E-state index in [0.717, 1.165) is 17.5 Å². The standard InChI is InChI=1S/C21H17NO2/c23-20-18-15-6-7-16(12-15)19(18)21(24)22(20)17-10-8-14(9-11-17)13-4-2-1-3-5-13/h1-11,15-16,18-19H,12H2/t15-,16-,18+,19+/m0/s1. The number of hydrogen-bond donors (Lipinski definition) is 0. The van der Waals surface area contributed by atoms with Crippen molar-refractivity contribution in [2.45, 2.75) is 6.42 Å². The van der Waals surface area contributed by atoms with Gasteiger partial charge in [0.25, 0.3) is 0 Å². The topological polar surface area (TPSA) is 37.4 Å². The van der Waals surface area contributed by atoms with E-state index in [4.69, 9.17) is 0 Å². The largest absolute Gasteiger partial charge is 0.274 e. The molecule has 1 heterocycles. The first kappa shape index (κ1) is 13.7. The van der Waals surface area contributed by atoms with Crippen LogP contribution in [0.5, 0.6) is 0 Å². The van der Waals surface area contributed by atoms with Crippen LogP contribution < -0.4 is 4.90 Å². The third-order valence-electron chi connectivity index (χ3n) is 5.70. The number of nitrogens with zero attached hydrogens (tertiary/aromatic N) is 1. The van der Waals surface area contributed by atoms with Gasteiger partial charge in [0.15, 0.2) is 0 Å². The van der Waals surface area contributed by atoms with Gasteiger partial charge in [0.05, 0.1) is 17.5 Å². The van der Waals surface area contributed by atoms with Crippen LogP contribution in [0.1, 0.15) is 6.42 Å². The van der Waals surface area contributed by atoms with Crippen LogP contribution >= 0.6 is 0 Å².